The van der Waals surface area contributed by atoms with Crippen molar-refractivity contribution in [1.29, 1.82) is 0 Å². The molecule has 3 heteroatoms. The van der Waals surface area contributed by atoms with E-state index < -0.39 is 6.10 Å². The molecule has 0 saturated carbocycles. The summed E-state index contributed by atoms with van der Waals surface area (Å²) in [4.78, 5) is 0. The molecular weight excluding hydrogens is 314 g/mol. The fourth-order valence-electron chi connectivity index (χ4n) is 3.32. The van der Waals surface area contributed by atoms with Crippen LogP contribution in [-0.4, -0.2) is 11.7 Å². The van der Waals surface area contributed by atoms with E-state index in [9.17, 15) is 5.11 Å². The number of halogens is 1. The second-order valence-corrected chi connectivity index (χ2v) is 6.30. The highest BCUT2D eigenvalue weighted by molar-refractivity contribution is 9.10. The van der Waals surface area contributed by atoms with Crippen LogP contribution >= 0.6 is 15.9 Å². The monoisotopic (exact) mass is 331 g/mol. The van der Waals surface area contributed by atoms with Crippen LogP contribution in [0.5, 0.6) is 0 Å². The average molecular weight is 332 g/mol. The Kier molecular flexibility index (Phi) is 3.67. The lowest BCUT2D eigenvalue weighted by Crippen LogP contribution is -2.39. The molecule has 1 aliphatic rings. The maximum absolute atomic E-state index is 11.0. The molecule has 0 heterocycles. The predicted molar refractivity (Wildman–Crippen MR) is 84.6 cm³/mol. The van der Waals surface area contributed by atoms with E-state index >= 15 is 0 Å². The maximum Gasteiger partial charge on any atom is 0.0909 e. The van der Waals surface area contributed by atoms with Gasteiger partial charge in [-0.1, -0.05) is 58.4 Å². The summed E-state index contributed by atoms with van der Waals surface area (Å²) in [6.07, 6.45) is 1.28. The summed E-state index contributed by atoms with van der Waals surface area (Å²) in [5, 5.41) is 11.0. The topological polar surface area (TPSA) is 46.2 Å². The van der Waals surface area contributed by atoms with Gasteiger partial charge in [-0.05, 0) is 35.6 Å². The van der Waals surface area contributed by atoms with Crippen LogP contribution in [0.15, 0.2) is 53.0 Å². The Labute approximate surface area is 127 Å². The van der Waals surface area contributed by atoms with Crippen LogP contribution in [0.2, 0.25) is 0 Å². The van der Waals surface area contributed by atoms with Gasteiger partial charge in [0.2, 0.25) is 0 Å². The average Bonchev–Trinajstić information content (AvgIpc) is 2.87. The first-order valence-electron chi connectivity index (χ1n) is 6.90. The van der Waals surface area contributed by atoms with Crippen molar-refractivity contribution in [3.63, 3.8) is 0 Å². The molecular formula is C17H18BrNO. The van der Waals surface area contributed by atoms with Crippen LogP contribution < -0.4 is 5.73 Å². The predicted octanol–water partition coefficient (Wildman–Crippen LogP) is 3.33. The fourth-order valence-corrected chi connectivity index (χ4v) is 3.82. The SMILES string of the molecule is NCC1(C(O)c2ccccc2Br)CCc2ccccc21. The van der Waals surface area contributed by atoms with Crippen molar-refractivity contribution in [2.24, 2.45) is 5.73 Å². The Balaban J connectivity index is 2.10. The number of hydrogen-bond acceptors (Lipinski definition) is 2. The summed E-state index contributed by atoms with van der Waals surface area (Å²) < 4.78 is 0.935. The number of hydrogen-bond donors (Lipinski definition) is 2. The van der Waals surface area contributed by atoms with E-state index in [1.807, 2.05) is 30.3 Å². The van der Waals surface area contributed by atoms with Gasteiger partial charge >= 0.3 is 0 Å². The lowest BCUT2D eigenvalue weighted by atomic mass is 9.74. The van der Waals surface area contributed by atoms with E-state index in [1.165, 1.54) is 11.1 Å². The molecule has 3 N–H and O–H groups in total. The zero-order valence-corrected chi connectivity index (χ0v) is 12.8. The largest absolute Gasteiger partial charge is 0.387 e. The summed E-state index contributed by atoms with van der Waals surface area (Å²) in [5.41, 5.74) is 9.14. The molecule has 0 saturated heterocycles. The summed E-state index contributed by atoms with van der Waals surface area (Å²) >= 11 is 3.54. The van der Waals surface area contributed by atoms with Gasteiger partial charge in [0.15, 0.2) is 0 Å². The van der Waals surface area contributed by atoms with Gasteiger partial charge in [0.05, 0.1) is 6.10 Å². The van der Waals surface area contributed by atoms with Gasteiger partial charge in [-0.15, -0.1) is 0 Å². The molecule has 2 unspecified atom stereocenters. The van der Waals surface area contributed by atoms with Crippen molar-refractivity contribution >= 4 is 15.9 Å². The summed E-state index contributed by atoms with van der Waals surface area (Å²) in [5.74, 6) is 0. The summed E-state index contributed by atoms with van der Waals surface area (Å²) in [7, 11) is 0. The van der Waals surface area contributed by atoms with Crippen molar-refractivity contribution in [1.82, 2.24) is 0 Å². The van der Waals surface area contributed by atoms with Gasteiger partial charge in [0.25, 0.3) is 0 Å². The molecule has 2 nitrogen and oxygen atoms in total. The minimum Gasteiger partial charge on any atom is -0.387 e. The van der Waals surface area contributed by atoms with Crippen molar-refractivity contribution in [3.05, 3.63) is 69.7 Å². The number of rotatable bonds is 3. The van der Waals surface area contributed by atoms with Gasteiger partial charge in [-0.25, -0.2) is 0 Å². The molecule has 2 aromatic rings. The Morgan fingerprint density at radius 3 is 2.60 bits per heavy atom. The Morgan fingerprint density at radius 1 is 1.15 bits per heavy atom. The van der Waals surface area contributed by atoms with Crippen molar-refractivity contribution < 1.29 is 5.11 Å². The van der Waals surface area contributed by atoms with Crippen molar-refractivity contribution in [2.45, 2.75) is 24.4 Å². The van der Waals surface area contributed by atoms with Crippen LogP contribution in [0, 0.1) is 0 Å². The molecule has 0 spiro atoms. The van der Waals surface area contributed by atoms with E-state index in [0.717, 1.165) is 22.9 Å². The van der Waals surface area contributed by atoms with Crippen LogP contribution in [0.4, 0.5) is 0 Å². The molecule has 104 valence electrons. The molecule has 0 aliphatic heterocycles. The molecule has 0 amide bonds. The summed E-state index contributed by atoms with van der Waals surface area (Å²) in [6, 6.07) is 16.2. The van der Waals surface area contributed by atoms with Gasteiger partial charge in [-0.2, -0.15) is 0 Å². The maximum atomic E-state index is 11.0. The van der Waals surface area contributed by atoms with Gasteiger partial charge in [-0.3, -0.25) is 0 Å². The minimum atomic E-state index is -0.591. The second-order valence-electron chi connectivity index (χ2n) is 5.44. The number of fused-ring (bicyclic) bond motifs is 1. The van der Waals surface area contributed by atoms with Gasteiger partial charge in [0.1, 0.15) is 0 Å². The third-order valence-electron chi connectivity index (χ3n) is 4.48. The van der Waals surface area contributed by atoms with Crippen molar-refractivity contribution in [2.75, 3.05) is 6.54 Å². The third kappa shape index (κ3) is 2.01. The quantitative estimate of drug-likeness (QED) is 0.906. The molecule has 0 fully saturated rings. The van der Waals surface area contributed by atoms with Gasteiger partial charge in [0, 0.05) is 16.4 Å². The Bertz CT molecular complexity index is 628. The summed E-state index contributed by atoms with van der Waals surface area (Å²) in [6.45, 7) is 0.451. The van der Waals surface area contributed by atoms with Gasteiger partial charge < -0.3 is 10.8 Å². The van der Waals surface area contributed by atoms with E-state index in [0.29, 0.717) is 6.54 Å². The molecule has 3 rings (SSSR count). The Hall–Kier alpha value is -1.16. The first-order valence-corrected chi connectivity index (χ1v) is 7.69. The highest BCUT2D eigenvalue weighted by atomic mass is 79.9. The standard InChI is InChI=1S/C17H18BrNO/c18-15-8-4-2-6-13(15)16(20)17(11-19)10-9-12-5-1-3-7-14(12)17/h1-8,16,20H,9-11,19H2. The van der Waals surface area contributed by atoms with Crippen molar-refractivity contribution in [3.8, 4) is 0 Å². The second kappa shape index (κ2) is 5.32. The third-order valence-corrected chi connectivity index (χ3v) is 5.20. The molecule has 1 aliphatic carbocycles. The van der Waals surface area contributed by atoms with Crippen LogP contribution in [0.25, 0.3) is 0 Å². The molecule has 2 atom stereocenters. The highest BCUT2D eigenvalue weighted by Gasteiger charge is 2.44. The number of aryl methyl sites for hydroxylation is 1. The lowest BCUT2D eigenvalue weighted by Gasteiger charge is -2.35. The normalized spacial score (nSPS) is 22.6. The zero-order valence-electron chi connectivity index (χ0n) is 11.2. The minimum absolute atomic E-state index is 0.375. The number of benzene rings is 2. The van der Waals surface area contributed by atoms with E-state index in [1.54, 1.807) is 0 Å². The molecule has 0 aromatic heterocycles. The smallest absolute Gasteiger partial charge is 0.0909 e. The zero-order chi connectivity index (χ0) is 14.2. The molecule has 2 aromatic carbocycles. The number of aliphatic hydroxyl groups is 1. The van der Waals surface area contributed by atoms with Crippen LogP contribution in [-0.2, 0) is 11.8 Å². The molecule has 0 bridgehead atoms. The van der Waals surface area contributed by atoms with Crippen LogP contribution in [0.3, 0.4) is 0 Å². The first-order chi connectivity index (χ1) is 9.69. The van der Waals surface area contributed by atoms with Crippen LogP contribution in [0.1, 0.15) is 29.2 Å². The molecule has 0 radical (unpaired) electrons. The Morgan fingerprint density at radius 2 is 1.85 bits per heavy atom. The fraction of sp³-hybridized carbons (Fsp3) is 0.294. The highest BCUT2D eigenvalue weighted by Crippen LogP contribution is 2.47. The van der Waals surface area contributed by atoms with E-state index in [4.69, 9.17) is 5.73 Å². The first kappa shape index (κ1) is 13.8. The lowest BCUT2D eigenvalue weighted by molar-refractivity contribution is 0.0834. The molecule has 20 heavy (non-hydrogen) atoms. The van der Waals surface area contributed by atoms with E-state index in [2.05, 4.69) is 34.1 Å². The number of nitrogens with two attached hydrogens (primary N) is 1. The number of aliphatic hydroxyl groups excluding tert-OH is 1. The van der Waals surface area contributed by atoms with E-state index in [-0.39, 0.29) is 5.41 Å².